The van der Waals surface area contributed by atoms with Gasteiger partial charge in [0.1, 0.15) is 5.16 Å². The molecule has 0 saturated heterocycles. The number of halogens is 1. The second kappa shape index (κ2) is 6.58. The molecule has 21 heavy (non-hydrogen) atoms. The van der Waals surface area contributed by atoms with E-state index in [0.29, 0.717) is 5.69 Å². The quantitative estimate of drug-likeness (QED) is 0.813. The molecule has 0 spiro atoms. The molecule has 116 valence electrons. The number of benzene rings is 1. The molecule has 0 amide bonds. The van der Waals surface area contributed by atoms with E-state index in [1.54, 1.807) is 12.1 Å². The maximum atomic E-state index is 11.1. The molecule has 7 heteroatoms. The van der Waals surface area contributed by atoms with Gasteiger partial charge >= 0.3 is 0 Å². The zero-order valence-electron chi connectivity index (χ0n) is 12.2. The van der Waals surface area contributed by atoms with Crippen LogP contribution in [0.2, 0.25) is 0 Å². The Labute approximate surface area is 131 Å². The SMILES string of the molecule is CN1C=C(Cl)N(CCCc2ccc(NS(C)(=O)=O)cc2)C1. The highest BCUT2D eigenvalue weighted by molar-refractivity contribution is 7.92. The van der Waals surface area contributed by atoms with Gasteiger partial charge in [0.05, 0.1) is 12.9 Å². The van der Waals surface area contributed by atoms with E-state index in [2.05, 4.69) is 9.62 Å². The van der Waals surface area contributed by atoms with E-state index < -0.39 is 10.0 Å². The largest absolute Gasteiger partial charge is 0.360 e. The van der Waals surface area contributed by atoms with Crippen LogP contribution >= 0.6 is 11.6 Å². The van der Waals surface area contributed by atoms with Crippen LogP contribution in [-0.4, -0.2) is 44.7 Å². The first-order chi connectivity index (χ1) is 9.83. The van der Waals surface area contributed by atoms with E-state index in [4.69, 9.17) is 11.6 Å². The average Bonchev–Trinajstić information content (AvgIpc) is 2.68. The van der Waals surface area contributed by atoms with Crippen LogP contribution in [0.15, 0.2) is 35.6 Å². The fourth-order valence-corrected chi connectivity index (χ4v) is 3.12. The second-order valence-corrected chi connectivity index (χ2v) is 7.42. The molecule has 1 aromatic carbocycles. The summed E-state index contributed by atoms with van der Waals surface area (Å²) < 4.78 is 24.7. The molecule has 1 aliphatic heterocycles. The maximum absolute atomic E-state index is 11.1. The summed E-state index contributed by atoms with van der Waals surface area (Å²) in [5.41, 5.74) is 1.77. The third-order valence-electron chi connectivity index (χ3n) is 3.17. The molecule has 1 heterocycles. The highest BCUT2D eigenvalue weighted by atomic mass is 35.5. The second-order valence-electron chi connectivity index (χ2n) is 5.29. The lowest BCUT2D eigenvalue weighted by Crippen LogP contribution is -2.25. The Balaban J connectivity index is 1.80. The first-order valence-corrected chi connectivity index (χ1v) is 9.00. The molecule has 0 unspecified atom stereocenters. The third kappa shape index (κ3) is 5.13. The van der Waals surface area contributed by atoms with Gasteiger partial charge in [-0.25, -0.2) is 8.42 Å². The summed E-state index contributed by atoms with van der Waals surface area (Å²) in [7, 11) is -1.22. The Morgan fingerprint density at radius 1 is 1.29 bits per heavy atom. The van der Waals surface area contributed by atoms with E-state index in [9.17, 15) is 8.42 Å². The molecule has 0 fully saturated rings. The summed E-state index contributed by atoms with van der Waals surface area (Å²) in [5, 5.41) is 0.783. The van der Waals surface area contributed by atoms with Crippen LogP contribution in [0.5, 0.6) is 0 Å². The van der Waals surface area contributed by atoms with Crippen LogP contribution in [0.3, 0.4) is 0 Å². The Bertz CT molecular complexity index is 614. The molecule has 0 aromatic heterocycles. The number of aryl methyl sites for hydroxylation is 1. The van der Waals surface area contributed by atoms with Crippen molar-refractivity contribution in [1.29, 1.82) is 0 Å². The van der Waals surface area contributed by atoms with Crippen LogP contribution in [0.4, 0.5) is 5.69 Å². The highest BCUT2D eigenvalue weighted by Crippen LogP contribution is 2.19. The van der Waals surface area contributed by atoms with Crippen molar-refractivity contribution in [3.8, 4) is 0 Å². The minimum atomic E-state index is -3.21. The van der Waals surface area contributed by atoms with Crippen molar-refractivity contribution < 1.29 is 8.42 Å². The zero-order chi connectivity index (χ0) is 15.5. The van der Waals surface area contributed by atoms with Crippen molar-refractivity contribution in [1.82, 2.24) is 9.80 Å². The molecule has 1 aliphatic rings. The number of anilines is 1. The number of nitrogens with one attached hydrogen (secondary N) is 1. The van der Waals surface area contributed by atoms with Gasteiger partial charge in [0, 0.05) is 25.5 Å². The number of nitrogens with zero attached hydrogens (tertiary/aromatic N) is 2. The lowest BCUT2D eigenvalue weighted by atomic mass is 10.1. The molecular weight excluding hydrogens is 310 g/mol. The molecule has 5 nitrogen and oxygen atoms in total. The Kier molecular flexibility index (Phi) is 5.00. The van der Waals surface area contributed by atoms with Crippen LogP contribution in [-0.2, 0) is 16.4 Å². The van der Waals surface area contributed by atoms with E-state index in [-0.39, 0.29) is 0 Å². The van der Waals surface area contributed by atoms with Crippen LogP contribution < -0.4 is 4.72 Å². The predicted molar refractivity (Wildman–Crippen MR) is 86.5 cm³/mol. The van der Waals surface area contributed by atoms with Crippen molar-refractivity contribution >= 4 is 27.3 Å². The van der Waals surface area contributed by atoms with Crippen LogP contribution in [0.25, 0.3) is 0 Å². The lowest BCUT2D eigenvalue weighted by Gasteiger charge is -2.19. The van der Waals surface area contributed by atoms with Crippen LogP contribution in [0.1, 0.15) is 12.0 Å². The highest BCUT2D eigenvalue weighted by Gasteiger charge is 2.15. The van der Waals surface area contributed by atoms with E-state index in [0.717, 1.165) is 37.5 Å². The Hall–Kier alpha value is -1.40. The summed E-state index contributed by atoms with van der Waals surface area (Å²) in [6.45, 7) is 1.74. The van der Waals surface area contributed by atoms with Crippen molar-refractivity contribution in [3.63, 3.8) is 0 Å². The van der Waals surface area contributed by atoms with Crippen molar-refractivity contribution in [3.05, 3.63) is 41.2 Å². The summed E-state index contributed by atoms with van der Waals surface area (Å²) in [6, 6.07) is 7.46. The molecule has 0 aliphatic carbocycles. The number of rotatable bonds is 6. The molecule has 2 rings (SSSR count). The Morgan fingerprint density at radius 2 is 1.95 bits per heavy atom. The topological polar surface area (TPSA) is 52.6 Å². The monoisotopic (exact) mass is 329 g/mol. The third-order valence-corrected chi connectivity index (χ3v) is 4.12. The lowest BCUT2D eigenvalue weighted by molar-refractivity contribution is 0.289. The number of hydrogen-bond acceptors (Lipinski definition) is 4. The van der Waals surface area contributed by atoms with Gasteiger partial charge < -0.3 is 9.80 Å². The summed E-state index contributed by atoms with van der Waals surface area (Å²) in [6.07, 6.45) is 5.00. The molecule has 1 aromatic rings. The molecule has 1 N–H and O–H groups in total. The van der Waals surface area contributed by atoms with Gasteiger partial charge in [-0.15, -0.1) is 0 Å². The molecule has 0 radical (unpaired) electrons. The standard InChI is InChI=1S/C14H20ClN3O2S/c1-17-10-14(15)18(11-17)9-3-4-12-5-7-13(8-6-12)16-21(2,19)20/h5-8,10,16H,3-4,9,11H2,1-2H3. The van der Waals surface area contributed by atoms with E-state index in [1.807, 2.05) is 30.3 Å². The number of hydrogen-bond donors (Lipinski definition) is 1. The maximum Gasteiger partial charge on any atom is 0.229 e. The number of sulfonamides is 1. The molecule has 0 bridgehead atoms. The fraction of sp³-hybridized carbons (Fsp3) is 0.429. The van der Waals surface area contributed by atoms with E-state index in [1.165, 1.54) is 5.56 Å². The van der Waals surface area contributed by atoms with Crippen molar-refractivity contribution in [2.45, 2.75) is 12.8 Å². The zero-order valence-corrected chi connectivity index (χ0v) is 13.8. The smallest absolute Gasteiger partial charge is 0.229 e. The minimum Gasteiger partial charge on any atom is -0.360 e. The van der Waals surface area contributed by atoms with Gasteiger partial charge in [0.15, 0.2) is 0 Å². The molecule has 0 atom stereocenters. The van der Waals surface area contributed by atoms with Crippen LogP contribution in [0, 0.1) is 0 Å². The summed E-state index contributed by atoms with van der Waals surface area (Å²) >= 11 is 6.12. The van der Waals surface area contributed by atoms with Gasteiger partial charge in [-0.1, -0.05) is 23.7 Å². The van der Waals surface area contributed by atoms with Gasteiger partial charge in [-0.05, 0) is 30.5 Å². The summed E-state index contributed by atoms with van der Waals surface area (Å²) in [5.74, 6) is 0. The normalized spacial score (nSPS) is 15.3. The average molecular weight is 330 g/mol. The first-order valence-electron chi connectivity index (χ1n) is 6.73. The predicted octanol–water partition coefficient (Wildman–Crippen LogP) is 2.23. The van der Waals surface area contributed by atoms with Gasteiger partial charge in [0.25, 0.3) is 0 Å². The minimum absolute atomic E-state index is 0.591. The first kappa shape index (κ1) is 16.0. The van der Waals surface area contributed by atoms with Gasteiger partial charge in [-0.2, -0.15) is 0 Å². The van der Waals surface area contributed by atoms with E-state index >= 15 is 0 Å². The molecular formula is C14H20ClN3O2S. The fourth-order valence-electron chi connectivity index (χ4n) is 2.25. The molecule has 0 saturated carbocycles. The van der Waals surface area contributed by atoms with Crippen molar-refractivity contribution in [2.24, 2.45) is 0 Å². The van der Waals surface area contributed by atoms with Gasteiger partial charge in [-0.3, -0.25) is 4.72 Å². The Morgan fingerprint density at radius 3 is 2.48 bits per heavy atom. The van der Waals surface area contributed by atoms with Gasteiger partial charge in [0.2, 0.25) is 10.0 Å². The summed E-state index contributed by atoms with van der Waals surface area (Å²) in [4.78, 5) is 4.18. The van der Waals surface area contributed by atoms with Crippen molar-refractivity contribution in [2.75, 3.05) is 31.2 Å².